The molecule has 1 aliphatic heterocycles. The van der Waals surface area contributed by atoms with E-state index < -0.39 is 24.6 Å². The van der Waals surface area contributed by atoms with Crippen LogP contribution in [0.15, 0.2) is 0 Å². The SMILES string of the molecule is COC1O[C@H](CO)[C@H](O)C[C@H]1O. The Morgan fingerprint density at radius 1 is 1.42 bits per heavy atom. The van der Waals surface area contributed by atoms with Crippen LogP contribution in [0.1, 0.15) is 6.42 Å². The molecule has 5 heteroatoms. The van der Waals surface area contributed by atoms with Gasteiger partial charge in [0.2, 0.25) is 0 Å². The lowest BCUT2D eigenvalue weighted by Gasteiger charge is -2.35. The van der Waals surface area contributed by atoms with Crippen LogP contribution in [0, 0.1) is 0 Å². The Kier molecular flexibility index (Phi) is 3.42. The highest BCUT2D eigenvalue weighted by Crippen LogP contribution is 2.20. The molecule has 0 saturated carbocycles. The summed E-state index contributed by atoms with van der Waals surface area (Å²) in [6, 6.07) is 0. The number of methoxy groups -OCH3 is 1. The molecule has 1 saturated heterocycles. The Morgan fingerprint density at radius 2 is 2.08 bits per heavy atom. The summed E-state index contributed by atoms with van der Waals surface area (Å²) < 4.78 is 9.83. The molecule has 0 radical (unpaired) electrons. The highest BCUT2D eigenvalue weighted by Gasteiger charge is 2.35. The van der Waals surface area contributed by atoms with E-state index >= 15 is 0 Å². The lowest BCUT2D eigenvalue weighted by molar-refractivity contribution is -0.261. The molecule has 0 bridgehead atoms. The van der Waals surface area contributed by atoms with E-state index in [0.717, 1.165) is 0 Å². The van der Waals surface area contributed by atoms with Gasteiger partial charge in [0, 0.05) is 13.5 Å². The van der Waals surface area contributed by atoms with Crippen LogP contribution in [-0.2, 0) is 9.47 Å². The summed E-state index contributed by atoms with van der Waals surface area (Å²) in [6.45, 7) is -0.270. The number of rotatable bonds is 2. The van der Waals surface area contributed by atoms with E-state index in [0.29, 0.717) is 0 Å². The minimum absolute atomic E-state index is 0.170. The molecule has 0 amide bonds. The van der Waals surface area contributed by atoms with Crippen LogP contribution in [0.25, 0.3) is 0 Å². The first-order valence-electron chi connectivity index (χ1n) is 3.84. The van der Waals surface area contributed by atoms with Gasteiger partial charge in [-0.2, -0.15) is 0 Å². The number of hydrogen-bond acceptors (Lipinski definition) is 5. The monoisotopic (exact) mass is 178 g/mol. The van der Waals surface area contributed by atoms with Crippen molar-refractivity contribution in [3.63, 3.8) is 0 Å². The zero-order valence-corrected chi connectivity index (χ0v) is 6.88. The first-order chi connectivity index (χ1) is 5.69. The Bertz CT molecular complexity index is 126. The van der Waals surface area contributed by atoms with Gasteiger partial charge in [0.15, 0.2) is 6.29 Å². The van der Waals surface area contributed by atoms with Gasteiger partial charge in [0.05, 0.1) is 12.7 Å². The number of aliphatic hydroxyl groups is 3. The molecule has 0 aromatic rings. The van der Waals surface area contributed by atoms with Crippen molar-refractivity contribution in [1.29, 1.82) is 0 Å². The van der Waals surface area contributed by atoms with Gasteiger partial charge in [-0.15, -0.1) is 0 Å². The summed E-state index contributed by atoms with van der Waals surface area (Å²) in [4.78, 5) is 0. The molecule has 4 atom stereocenters. The zero-order chi connectivity index (χ0) is 9.14. The van der Waals surface area contributed by atoms with Crippen molar-refractivity contribution in [2.45, 2.75) is 31.0 Å². The van der Waals surface area contributed by atoms with Crippen molar-refractivity contribution >= 4 is 0 Å². The van der Waals surface area contributed by atoms with E-state index in [1.165, 1.54) is 7.11 Å². The summed E-state index contributed by atoms with van der Waals surface area (Å²) in [6.07, 6.45) is -2.88. The Hall–Kier alpha value is -0.200. The molecule has 0 aromatic heterocycles. The number of hydrogen-bond donors (Lipinski definition) is 3. The highest BCUT2D eigenvalue weighted by atomic mass is 16.7. The van der Waals surface area contributed by atoms with Crippen LogP contribution in [0.4, 0.5) is 0 Å². The Balaban J connectivity index is 2.50. The molecule has 1 rings (SSSR count). The van der Waals surface area contributed by atoms with Crippen molar-refractivity contribution in [1.82, 2.24) is 0 Å². The molecule has 1 fully saturated rings. The largest absolute Gasteiger partial charge is 0.394 e. The standard InChI is InChI=1S/C7H14O5/c1-11-7-5(10)2-4(9)6(3-8)12-7/h4-10H,2-3H2,1H3/t4-,5-,6-,7?/m1/s1. The average molecular weight is 178 g/mol. The molecule has 1 heterocycles. The summed E-state index contributed by atoms with van der Waals surface area (Å²) >= 11 is 0. The molecule has 1 unspecified atom stereocenters. The fourth-order valence-electron chi connectivity index (χ4n) is 1.24. The van der Waals surface area contributed by atoms with E-state index in [-0.39, 0.29) is 13.0 Å². The maximum absolute atomic E-state index is 9.26. The molecule has 0 aliphatic carbocycles. The predicted octanol–water partition coefficient (Wildman–Crippen LogP) is -1.54. The smallest absolute Gasteiger partial charge is 0.183 e. The molecular formula is C7H14O5. The quantitative estimate of drug-likeness (QED) is 0.477. The molecule has 1 aliphatic rings. The second kappa shape index (κ2) is 4.15. The molecular weight excluding hydrogens is 164 g/mol. The second-order valence-electron chi connectivity index (χ2n) is 2.83. The van der Waals surface area contributed by atoms with Gasteiger partial charge in [-0.3, -0.25) is 0 Å². The van der Waals surface area contributed by atoms with Crippen molar-refractivity contribution in [3.8, 4) is 0 Å². The van der Waals surface area contributed by atoms with Crippen LogP contribution < -0.4 is 0 Å². The lowest BCUT2D eigenvalue weighted by Crippen LogP contribution is -2.49. The van der Waals surface area contributed by atoms with Gasteiger partial charge in [0.1, 0.15) is 12.2 Å². The number of ether oxygens (including phenoxy) is 2. The minimum atomic E-state index is -0.826. The number of aliphatic hydroxyl groups excluding tert-OH is 3. The summed E-state index contributed by atoms with van der Waals surface area (Å²) in [5.41, 5.74) is 0. The predicted molar refractivity (Wildman–Crippen MR) is 39.4 cm³/mol. The third-order valence-corrected chi connectivity index (χ3v) is 1.95. The molecule has 3 N–H and O–H groups in total. The highest BCUT2D eigenvalue weighted by molar-refractivity contribution is 4.80. The first kappa shape index (κ1) is 9.88. The van der Waals surface area contributed by atoms with Gasteiger partial charge >= 0.3 is 0 Å². The normalized spacial score (nSPS) is 43.0. The zero-order valence-electron chi connectivity index (χ0n) is 6.88. The molecule has 0 aromatic carbocycles. The van der Waals surface area contributed by atoms with Crippen LogP contribution >= 0.6 is 0 Å². The van der Waals surface area contributed by atoms with E-state index in [4.69, 9.17) is 14.6 Å². The van der Waals surface area contributed by atoms with Crippen LogP contribution in [0.3, 0.4) is 0 Å². The van der Waals surface area contributed by atoms with Gasteiger partial charge in [-0.1, -0.05) is 0 Å². The summed E-state index contributed by atoms with van der Waals surface area (Å²) in [7, 11) is 1.40. The van der Waals surface area contributed by atoms with Crippen LogP contribution in [-0.4, -0.2) is 53.6 Å². The van der Waals surface area contributed by atoms with Crippen molar-refractivity contribution < 1.29 is 24.8 Å². The van der Waals surface area contributed by atoms with E-state index in [1.54, 1.807) is 0 Å². The van der Waals surface area contributed by atoms with E-state index in [9.17, 15) is 10.2 Å². The molecule has 72 valence electrons. The Morgan fingerprint density at radius 3 is 2.58 bits per heavy atom. The van der Waals surface area contributed by atoms with E-state index in [2.05, 4.69) is 0 Å². The lowest BCUT2D eigenvalue weighted by atomic mass is 10.0. The van der Waals surface area contributed by atoms with Crippen molar-refractivity contribution in [2.75, 3.05) is 13.7 Å². The maximum atomic E-state index is 9.26. The fourth-order valence-corrected chi connectivity index (χ4v) is 1.24. The minimum Gasteiger partial charge on any atom is -0.394 e. The van der Waals surface area contributed by atoms with Crippen LogP contribution in [0.5, 0.6) is 0 Å². The van der Waals surface area contributed by atoms with E-state index in [1.807, 2.05) is 0 Å². The van der Waals surface area contributed by atoms with Crippen molar-refractivity contribution in [2.24, 2.45) is 0 Å². The van der Waals surface area contributed by atoms with Gasteiger partial charge in [-0.05, 0) is 0 Å². The third-order valence-electron chi connectivity index (χ3n) is 1.95. The summed E-state index contributed by atoms with van der Waals surface area (Å²) in [5.74, 6) is 0. The maximum Gasteiger partial charge on any atom is 0.183 e. The first-order valence-corrected chi connectivity index (χ1v) is 3.84. The molecule has 0 spiro atoms. The average Bonchev–Trinajstić information content (AvgIpc) is 2.05. The van der Waals surface area contributed by atoms with Crippen molar-refractivity contribution in [3.05, 3.63) is 0 Å². The second-order valence-corrected chi connectivity index (χ2v) is 2.83. The third kappa shape index (κ3) is 1.94. The molecule has 12 heavy (non-hydrogen) atoms. The van der Waals surface area contributed by atoms with Gasteiger partial charge in [0.25, 0.3) is 0 Å². The molecule has 5 nitrogen and oxygen atoms in total. The topological polar surface area (TPSA) is 79.2 Å². The fraction of sp³-hybridized carbons (Fsp3) is 1.00. The van der Waals surface area contributed by atoms with Gasteiger partial charge in [-0.25, -0.2) is 0 Å². The Labute approximate surface area is 70.5 Å². The van der Waals surface area contributed by atoms with Crippen LogP contribution in [0.2, 0.25) is 0 Å². The van der Waals surface area contributed by atoms with Gasteiger partial charge < -0.3 is 24.8 Å². The summed E-state index contributed by atoms with van der Waals surface area (Å²) in [5, 5.41) is 27.3.